The first-order chi connectivity index (χ1) is 12.2. The molecule has 6 nitrogen and oxygen atoms in total. The van der Waals surface area contributed by atoms with E-state index in [1.807, 2.05) is 24.2 Å². The lowest BCUT2D eigenvalue weighted by Crippen LogP contribution is -2.50. The average molecular weight is 345 g/mol. The van der Waals surface area contributed by atoms with E-state index in [1.54, 1.807) is 0 Å². The van der Waals surface area contributed by atoms with E-state index in [9.17, 15) is 4.79 Å². The number of aromatic nitrogens is 2. The summed E-state index contributed by atoms with van der Waals surface area (Å²) >= 11 is 0. The molecule has 25 heavy (non-hydrogen) atoms. The number of likely N-dealkylation sites (tertiary alicyclic amines) is 1. The monoisotopic (exact) mass is 345 g/mol. The van der Waals surface area contributed by atoms with Crippen LogP contribution in [-0.2, 0) is 11.3 Å². The van der Waals surface area contributed by atoms with E-state index < -0.39 is 0 Å². The van der Waals surface area contributed by atoms with Gasteiger partial charge in [0.15, 0.2) is 0 Å². The summed E-state index contributed by atoms with van der Waals surface area (Å²) in [5.41, 5.74) is 1.13. The Bertz CT molecular complexity index is 555. The second-order valence-electron chi connectivity index (χ2n) is 7.22. The van der Waals surface area contributed by atoms with E-state index in [4.69, 9.17) is 0 Å². The smallest absolute Gasteiger partial charge is 0.225 e. The van der Waals surface area contributed by atoms with Crippen LogP contribution in [0.4, 0.5) is 5.95 Å². The third-order valence-electron chi connectivity index (χ3n) is 5.56. The van der Waals surface area contributed by atoms with Gasteiger partial charge in [0.1, 0.15) is 0 Å². The summed E-state index contributed by atoms with van der Waals surface area (Å²) in [6.07, 6.45) is 9.10. The maximum Gasteiger partial charge on any atom is 0.225 e. The van der Waals surface area contributed by atoms with Gasteiger partial charge in [0.05, 0.1) is 0 Å². The highest BCUT2D eigenvalue weighted by Crippen LogP contribution is 2.21. The Kier molecular flexibility index (Phi) is 6.24. The molecule has 1 amide bonds. The molecule has 0 bridgehead atoms. The number of amides is 1. The molecule has 1 aromatic rings. The van der Waals surface area contributed by atoms with E-state index >= 15 is 0 Å². The molecule has 1 aromatic heterocycles. The molecular formula is C19H31N5O. The van der Waals surface area contributed by atoms with Crippen LogP contribution in [0.5, 0.6) is 0 Å². The van der Waals surface area contributed by atoms with Crippen LogP contribution in [0.2, 0.25) is 0 Å². The van der Waals surface area contributed by atoms with Gasteiger partial charge in [0.25, 0.3) is 0 Å². The molecule has 0 radical (unpaired) electrons. The van der Waals surface area contributed by atoms with Crippen molar-refractivity contribution in [2.45, 2.75) is 58.5 Å². The van der Waals surface area contributed by atoms with E-state index in [0.29, 0.717) is 18.4 Å². The minimum atomic E-state index is 0.280. The van der Waals surface area contributed by atoms with Crippen molar-refractivity contribution < 1.29 is 4.79 Å². The highest BCUT2D eigenvalue weighted by molar-refractivity contribution is 5.75. The molecule has 3 heterocycles. The van der Waals surface area contributed by atoms with Gasteiger partial charge in [-0.15, -0.1) is 0 Å². The molecule has 2 saturated heterocycles. The van der Waals surface area contributed by atoms with Crippen molar-refractivity contribution >= 4 is 11.9 Å². The Morgan fingerprint density at radius 1 is 1.20 bits per heavy atom. The summed E-state index contributed by atoms with van der Waals surface area (Å²) in [7, 11) is 0. The van der Waals surface area contributed by atoms with Gasteiger partial charge in [-0.2, -0.15) is 0 Å². The largest absolute Gasteiger partial charge is 0.342 e. The van der Waals surface area contributed by atoms with Gasteiger partial charge in [0, 0.05) is 63.1 Å². The quantitative estimate of drug-likeness (QED) is 0.856. The standard InChI is InChI=1S/C19H31N5O/c1-3-16-14-24(18(25)4-2)10-7-17(16)20-11-15-12-21-19(22-13-15)23-8-5-6-9-23/h12-13,16-17,20H,3-11,14H2,1-2H3/t16-,17+/m0/s1. The van der Waals surface area contributed by atoms with Gasteiger partial charge < -0.3 is 15.1 Å². The van der Waals surface area contributed by atoms with Gasteiger partial charge in [0.2, 0.25) is 11.9 Å². The molecule has 2 aliphatic rings. The molecule has 2 atom stereocenters. The summed E-state index contributed by atoms with van der Waals surface area (Å²) < 4.78 is 0. The van der Waals surface area contributed by atoms with Gasteiger partial charge in [-0.1, -0.05) is 20.3 Å². The highest BCUT2D eigenvalue weighted by atomic mass is 16.2. The third-order valence-corrected chi connectivity index (χ3v) is 5.56. The number of nitrogens with one attached hydrogen (secondary N) is 1. The summed E-state index contributed by atoms with van der Waals surface area (Å²) in [4.78, 5) is 25.3. The van der Waals surface area contributed by atoms with Gasteiger partial charge in [-0.3, -0.25) is 4.79 Å². The summed E-state index contributed by atoms with van der Waals surface area (Å²) in [5, 5.41) is 3.67. The Morgan fingerprint density at radius 2 is 1.92 bits per heavy atom. The number of hydrogen-bond donors (Lipinski definition) is 1. The van der Waals surface area contributed by atoms with Crippen molar-refractivity contribution in [3.8, 4) is 0 Å². The number of carbonyl (C=O) groups is 1. The van der Waals surface area contributed by atoms with Crippen molar-refractivity contribution in [1.82, 2.24) is 20.2 Å². The van der Waals surface area contributed by atoms with Crippen molar-refractivity contribution in [1.29, 1.82) is 0 Å². The van der Waals surface area contributed by atoms with Crippen LogP contribution in [0, 0.1) is 5.92 Å². The van der Waals surface area contributed by atoms with E-state index in [0.717, 1.165) is 57.1 Å². The first-order valence-corrected chi connectivity index (χ1v) is 9.78. The van der Waals surface area contributed by atoms with Crippen LogP contribution >= 0.6 is 0 Å². The zero-order valence-electron chi connectivity index (χ0n) is 15.6. The van der Waals surface area contributed by atoms with Crippen molar-refractivity contribution in [3.05, 3.63) is 18.0 Å². The number of rotatable bonds is 6. The van der Waals surface area contributed by atoms with Crippen LogP contribution in [0.15, 0.2) is 12.4 Å². The summed E-state index contributed by atoms with van der Waals surface area (Å²) in [6, 6.07) is 0.462. The molecule has 3 rings (SSSR count). The fraction of sp³-hybridized carbons (Fsp3) is 0.737. The van der Waals surface area contributed by atoms with Gasteiger partial charge >= 0.3 is 0 Å². The summed E-state index contributed by atoms with van der Waals surface area (Å²) in [6.45, 7) is 8.85. The van der Waals surface area contributed by atoms with Crippen LogP contribution in [0.25, 0.3) is 0 Å². The zero-order chi connectivity index (χ0) is 17.6. The first kappa shape index (κ1) is 18.1. The second kappa shape index (κ2) is 8.61. The predicted octanol–water partition coefficient (Wildman–Crippen LogP) is 2.20. The van der Waals surface area contributed by atoms with E-state index in [2.05, 4.69) is 27.1 Å². The normalized spacial score (nSPS) is 23.9. The Balaban J connectivity index is 1.51. The minimum Gasteiger partial charge on any atom is -0.342 e. The molecule has 138 valence electrons. The van der Waals surface area contributed by atoms with Crippen LogP contribution < -0.4 is 10.2 Å². The van der Waals surface area contributed by atoms with Crippen LogP contribution in [0.3, 0.4) is 0 Å². The molecule has 1 N–H and O–H groups in total. The Labute approximate surface area is 151 Å². The third kappa shape index (κ3) is 4.48. The van der Waals surface area contributed by atoms with Gasteiger partial charge in [-0.05, 0) is 25.2 Å². The Hall–Kier alpha value is -1.69. The topological polar surface area (TPSA) is 61.4 Å². The first-order valence-electron chi connectivity index (χ1n) is 9.78. The van der Waals surface area contributed by atoms with Gasteiger partial charge in [-0.25, -0.2) is 9.97 Å². The predicted molar refractivity (Wildman–Crippen MR) is 99.4 cm³/mol. The van der Waals surface area contributed by atoms with Crippen LogP contribution in [-0.4, -0.2) is 53.0 Å². The molecule has 2 fully saturated rings. The highest BCUT2D eigenvalue weighted by Gasteiger charge is 2.29. The lowest BCUT2D eigenvalue weighted by molar-refractivity contribution is -0.133. The zero-order valence-corrected chi connectivity index (χ0v) is 15.6. The average Bonchev–Trinajstić information content (AvgIpc) is 3.20. The van der Waals surface area contributed by atoms with Crippen molar-refractivity contribution in [3.63, 3.8) is 0 Å². The molecule has 0 spiro atoms. The second-order valence-corrected chi connectivity index (χ2v) is 7.22. The molecular weight excluding hydrogens is 314 g/mol. The number of piperidine rings is 1. The lowest BCUT2D eigenvalue weighted by atomic mass is 9.89. The number of nitrogens with zero attached hydrogens (tertiary/aromatic N) is 4. The lowest BCUT2D eigenvalue weighted by Gasteiger charge is -2.38. The fourth-order valence-electron chi connectivity index (χ4n) is 3.93. The molecule has 0 aliphatic carbocycles. The maximum atomic E-state index is 11.9. The molecule has 0 aromatic carbocycles. The number of anilines is 1. The fourth-order valence-corrected chi connectivity index (χ4v) is 3.93. The molecule has 0 unspecified atom stereocenters. The molecule has 0 saturated carbocycles. The van der Waals surface area contributed by atoms with Crippen LogP contribution in [0.1, 0.15) is 51.5 Å². The van der Waals surface area contributed by atoms with Crippen molar-refractivity contribution in [2.24, 2.45) is 5.92 Å². The minimum absolute atomic E-state index is 0.280. The van der Waals surface area contributed by atoms with E-state index in [-0.39, 0.29) is 5.91 Å². The SMILES string of the molecule is CCC(=O)N1CC[C@@H](NCc2cnc(N3CCCC3)nc2)[C@@H](CC)C1. The molecule has 2 aliphatic heterocycles. The molecule has 6 heteroatoms. The summed E-state index contributed by atoms with van der Waals surface area (Å²) in [5.74, 6) is 1.66. The van der Waals surface area contributed by atoms with Crippen molar-refractivity contribution in [2.75, 3.05) is 31.1 Å². The Morgan fingerprint density at radius 3 is 2.56 bits per heavy atom. The number of hydrogen-bond acceptors (Lipinski definition) is 5. The number of carbonyl (C=O) groups excluding carboxylic acids is 1. The maximum absolute atomic E-state index is 11.9. The van der Waals surface area contributed by atoms with E-state index in [1.165, 1.54) is 12.8 Å².